The number of sulfonamides is 1. The molecule has 0 aromatic carbocycles. The van der Waals surface area contributed by atoms with Gasteiger partial charge in [0.25, 0.3) is 0 Å². The lowest BCUT2D eigenvalue weighted by Crippen LogP contribution is -2.29. The van der Waals surface area contributed by atoms with E-state index in [2.05, 4.69) is 17.0 Å². The molecular formula is C10H24N2O2S2. The molecule has 0 saturated carbocycles. The van der Waals surface area contributed by atoms with Crippen molar-refractivity contribution in [3.8, 4) is 0 Å². The molecule has 0 spiro atoms. The minimum atomic E-state index is -3.05. The first-order valence-corrected chi connectivity index (χ1v) is 8.84. The molecule has 0 rings (SSSR count). The Hall–Kier alpha value is 0.220. The van der Waals surface area contributed by atoms with Crippen LogP contribution in [0.4, 0.5) is 0 Å². The van der Waals surface area contributed by atoms with E-state index < -0.39 is 10.0 Å². The van der Waals surface area contributed by atoms with Crippen molar-refractivity contribution in [1.82, 2.24) is 10.0 Å². The van der Waals surface area contributed by atoms with Crippen LogP contribution in [0.1, 0.15) is 26.2 Å². The molecule has 0 bridgehead atoms. The lowest BCUT2D eigenvalue weighted by atomic mass is 10.4. The van der Waals surface area contributed by atoms with E-state index in [1.807, 2.05) is 6.26 Å². The molecule has 0 aromatic heterocycles. The zero-order valence-electron chi connectivity index (χ0n) is 10.3. The second-order valence-corrected chi connectivity index (χ2v) is 6.58. The van der Waals surface area contributed by atoms with Crippen LogP contribution >= 0.6 is 11.8 Å². The summed E-state index contributed by atoms with van der Waals surface area (Å²) in [7, 11) is -3.05. The average Bonchev–Trinajstić information content (AvgIpc) is 2.24. The predicted molar refractivity (Wildman–Crippen MR) is 72.6 cm³/mol. The number of hydrogen-bond donors (Lipinski definition) is 2. The summed E-state index contributed by atoms with van der Waals surface area (Å²) in [4.78, 5) is 0. The lowest BCUT2D eigenvalue weighted by molar-refractivity contribution is 0.574. The highest BCUT2D eigenvalue weighted by molar-refractivity contribution is 7.98. The van der Waals surface area contributed by atoms with Gasteiger partial charge in [0.05, 0.1) is 5.75 Å². The molecule has 0 heterocycles. The Kier molecular flexibility index (Phi) is 10.5. The zero-order chi connectivity index (χ0) is 12.3. The molecule has 0 aliphatic carbocycles. The number of hydrogen-bond acceptors (Lipinski definition) is 4. The fraction of sp³-hybridized carbons (Fsp3) is 1.00. The van der Waals surface area contributed by atoms with Crippen LogP contribution in [0.15, 0.2) is 0 Å². The van der Waals surface area contributed by atoms with Crippen LogP contribution in [0.5, 0.6) is 0 Å². The fourth-order valence-electron chi connectivity index (χ4n) is 1.21. The second-order valence-electron chi connectivity index (χ2n) is 3.66. The Morgan fingerprint density at radius 2 is 1.88 bits per heavy atom. The van der Waals surface area contributed by atoms with Crippen molar-refractivity contribution in [3.63, 3.8) is 0 Å². The molecular weight excluding hydrogens is 244 g/mol. The summed E-state index contributed by atoms with van der Waals surface area (Å²) >= 11 is 1.73. The minimum Gasteiger partial charge on any atom is -0.317 e. The van der Waals surface area contributed by atoms with Crippen LogP contribution in [-0.2, 0) is 10.0 Å². The molecule has 6 heteroatoms. The van der Waals surface area contributed by atoms with Gasteiger partial charge in [0, 0.05) is 6.54 Å². The Bertz CT molecular complexity index is 243. The van der Waals surface area contributed by atoms with E-state index in [1.54, 1.807) is 11.8 Å². The molecule has 0 amide bonds. The van der Waals surface area contributed by atoms with E-state index >= 15 is 0 Å². The maximum Gasteiger partial charge on any atom is 0.211 e. The third-order valence-corrected chi connectivity index (χ3v) is 4.21. The molecule has 16 heavy (non-hydrogen) atoms. The summed E-state index contributed by atoms with van der Waals surface area (Å²) in [5.74, 6) is 1.23. The fourth-order valence-corrected chi connectivity index (χ4v) is 2.76. The van der Waals surface area contributed by atoms with Gasteiger partial charge in [-0.3, -0.25) is 0 Å². The summed E-state index contributed by atoms with van der Waals surface area (Å²) in [6.07, 6.45) is 4.68. The SMILES string of the molecule is CCCNCCCS(=O)(=O)NCCCSC. The zero-order valence-corrected chi connectivity index (χ0v) is 11.9. The second kappa shape index (κ2) is 10.4. The van der Waals surface area contributed by atoms with Gasteiger partial charge in [-0.15, -0.1) is 0 Å². The first kappa shape index (κ1) is 16.2. The highest BCUT2D eigenvalue weighted by Gasteiger charge is 2.07. The van der Waals surface area contributed by atoms with Gasteiger partial charge in [0.2, 0.25) is 10.0 Å². The summed E-state index contributed by atoms with van der Waals surface area (Å²) in [5.41, 5.74) is 0. The van der Waals surface area contributed by atoms with Gasteiger partial charge in [0.15, 0.2) is 0 Å². The first-order chi connectivity index (χ1) is 7.62. The summed E-state index contributed by atoms with van der Waals surface area (Å²) < 4.78 is 25.6. The van der Waals surface area contributed by atoms with Crippen molar-refractivity contribution in [2.45, 2.75) is 26.2 Å². The third-order valence-electron chi connectivity index (χ3n) is 2.04. The molecule has 0 unspecified atom stereocenters. The van der Waals surface area contributed by atoms with E-state index in [0.717, 1.165) is 31.7 Å². The lowest BCUT2D eigenvalue weighted by Gasteiger charge is -2.06. The van der Waals surface area contributed by atoms with Crippen LogP contribution in [0, 0.1) is 0 Å². The van der Waals surface area contributed by atoms with E-state index in [9.17, 15) is 8.42 Å². The topological polar surface area (TPSA) is 58.2 Å². The Morgan fingerprint density at radius 3 is 2.50 bits per heavy atom. The molecule has 0 fully saturated rings. The molecule has 0 radical (unpaired) electrons. The van der Waals surface area contributed by atoms with Gasteiger partial charge in [-0.1, -0.05) is 6.92 Å². The smallest absolute Gasteiger partial charge is 0.211 e. The van der Waals surface area contributed by atoms with E-state index in [0.29, 0.717) is 13.0 Å². The predicted octanol–water partition coefficient (Wildman–Crippen LogP) is 1.05. The molecule has 0 aromatic rings. The van der Waals surface area contributed by atoms with Gasteiger partial charge < -0.3 is 5.32 Å². The van der Waals surface area contributed by atoms with Gasteiger partial charge in [0.1, 0.15) is 0 Å². The van der Waals surface area contributed by atoms with Gasteiger partial charge in [-0.2, -0.15) is 11.8 Å². The summed E-state index contributed by atoms with van der Waals surface area (Å²) in [6.45, 7) is 4.39. The number of nitrogens with one attached hydrogen (secondary N) is 2. The first-order valence-electron chi connectivity index (χ1n) is 5.79. The van der Waals surface area contributed by atoms with E-state index in [-0.39, 0.29) is 5.75 Å². The van der Waals surface area contributed by atoms with Crippen molar-refractivity contribution >= 4 is 21.8 Å². The highest BCUT2D eigenvalue weighted by atomic mass is 32.2. The van der Waals surface area contributed by atoms with Crippen LogP contribution < -0.4 is 10.0 Å². The quantitative estimate of drug-likeness (QED) is 0.550. The van der Waals surface area contributed by atoms with Crippen molar-refractivity contribution < 1.29 is 8.42 Å². The van der Waals surface area contributed by atoms with Crippen LogP contribution in [0.2, 0.25) is 0 Å². The molecule has 2 N–H and O–H groups in total. The average molecular weight is 268 g/mol. The maximum atomic E-state index is 11.5. The Morgan fingerprint density at radius 1 is 1.12 bits per heavy atom. The number of thioether (sulfide) groups is 1. The standard InChI is InChI=1S/C10H24N2O2S2/c1-3-6-11-7-5-10-16(13,14)12-8-4-9-15-2/h11-12H,3-10H2,1-2H3. The molecule has 4 nitrogen and oxygen atoms in total. The van der Waals surface area contributed by atoms with Crippen LogP contribution in [0.25, 0.3) is 0 Å². The van der Waals surface area contributed by atoms with Crippen LogP contribution in [0.3, 0.4) is 0 Å². The Labute approximate surface area is 104 Å². The van der Waals surface area contributed by atoms with Crippen molar-refractivity contribution in [1.29, 1.82) is 0 Å². The Balaban J connectivity index is 3.47. The summed E-state index contributed by atoms with van der Waals surface area (Å²) in [6, 6.07) is 0. The molecule has 0 atom stereocenters. The van der Waals surface area contributed by atoms with Gasteiger partial charge in [-0.05, 0) is 44.4 Å². The van der Waals surface area contributed by atoms with Crippen molar-refractivity contribution in [2.24, 2.45) is 0 Å². The molecule has 98 valence electrons. The molecule has 0 saturated heterocycles. The normalized spacial score (nSPS) is 11.9. The van der Waals surface area contributed by atoms with E-state index in [1.165, 1.54) is 0 Å². The minimum absolute atomic E-state index is 0.225. The van der Waals surface area contributed by atoms with E-state index in [4.69, 9.17) is 0 Å². The van der Waals surface area contributed by atoms with Crippen LogP contribution in [-0.4, -0.2) is 45.8 Å². The third kappa shape index (κ3) is 10.7. The monoisotopic (exact) mass is 268 g/mol. The largest absolute Gasteiger partial charge is 0.317 e. The molecule has 0 aliphatic rings. The molecule has 0 aliphatic heterocycles. The van der Waals surface area contributed by atoms with Crippen molar-refractivity contribution in [3.05, 3.63) is 0 Å². The maximum absolute atomic E-state index is 11.5. The highest BCUT2D eigenvalue weighted by Crippen LogP contribution is 1.95. The number of rotatable bonds is 11. The van der Waals surface area contributed by atoms with Crippen molar-refractivity contribution in [2.75, 3.05) is 37.4 Å². The summed E-state index contributed by atoms with van der Waals surface area (Å²) in [5, 5.41) is 3.19. The van der Waals surface area contributed by atoms with Gasteiger partial charge >= 0.3 is 0 Å². The van der Waals surface area contributed by atoms with Gasteiger partial charge in [-0.25, -0.2) is 13.1 Å².